The van der Waals surface area contributed by atoms with Crippen LogP contribution >= 0.6 is 11.3 Å². The summed E-state index contributed by atoms with van der Waals surface area (Å²) in [6.45, 7) is 1.50. The van der Waals surface area contributed by atoms with Gasteiger partial charge in [0, 0.05) is 17.4 Å². The number of ether oxygens (including phenoxy) is 1. The highest BCUT2D eigenvalue weighted by molar-refractivity contribution is 7.10. The molecule has 2 heterocycles. The molecule has 0 aliphatic carbocycles. The number of methoxy groups -OCH3 is 1. The topological polar surface area (TPSA) is 80.9 Å². The summed E-state index contributed by atoms with van der Waals surface area (Å²) in [7, 11) is 1.24. The van der Waals surface area contributed by atoms with Crippen LogP contribution in [0.3, 0.4) is 0 Å². The molecule has 0 unspecified atom stereocenters. The summed E-state index contributed by atoms with van der Waals surface area (Å²) in [6, 6.07) is 6.71. The molecule has 1 N–H and O–H groups in total. The number of aromatic hydroxyl groups is 1. The van der Waals surface area contributed by atoms with Crippen LogP contribution in [0.25, 0.3) is 11.6 Å². The van der Waals surface area contributed by atoms with Crippen LogP contribution in [0, 0.1) is 0 Å². The summed E-state index contributed by atoms with van der Waals surface area (Å²) >= 11 is 0.870. The molecule has 118 valence electrons. The van der Waals surface area contributed by atoms with Crippen molar-refractivity contribution < 1.29 is 14.6 Å². The maximum absolute atomic E-state index is 12.1. The SMILES string of the molecule is COC(=O)[C@H](C)n1c(O)c(C=C2C=Nc3ccccc32)sc1=O. The summed E-state index contributed by atoms with van der Waals surface area (Å²) < 4.78 is 5.65. The van der Waals surface area contributed by atoms with Crippen molar-refractivity contribution in [3.05, 3.63) is 44.4 Å². The van der Waals surface area contributed by atoms with Gasteiger partial charge in [0.2, 0.25) is 5.88 Å². The van der Waals surface area contributed by atoms with E-state index < -0.39 is 16.9 Å². The van der Waals surface area contributed by atoms with Crippen LogP contribution < -0.4 is 4.87 Å². The third-order valence-corrected chi connectivity index (χ3v) is 4.51. The summed E-state index contributed by atoms with van der Waals surface area (Å²) in [5.74, 6) is -0.838. The van der Waals surface area contributed by atoms with Crippen molar-refractivity contribution in [3.63, 3.8) is 0 Å². The monoisotopic (exact) mass is 330 g/mol. The van der Waals surface area contributed by atoms with Crippen molar-refractivity contribution in [1.82, 2.24) is 4.57 Å². The number of aliphatic imine (C=N–C) groups is 1. The molecule has 1 aliphatic rings. The van der Waals surface area contributed by atoms with E-state index in [1.807, 2.05) is 24.3 Å². The second-order valence-electron chi connectivity index (χ2n) is 5.00. The Labute approximate surface area is 136 Å². The van der Waals surface area contributed by atoms with Crippen LogP contribution in [0.2, 0.25) is 0 Å². The van der Waals surface area contributed by atoms with Crippen molar-refractivity contribution in [2.75, 3.05) is 7.11 Å². The molecule has 0 fully saturated rings. The maximum atomic E-state index is 12.1. The summed E-state index contributed by atoms with van der Waals surface area (Å²) in [5.41, 5.74) is 2.57. The van der Waals surface area contributed by atoms with Gasteiger partial charge in [-0.3, -0.25) is 14.4 Å². The number of hydrogen-bond acceptors (Lipinski definition) is 6. The first-order valence-corrected chi connectivity index (χ1v) is 7.72. The Morgan fingerprint density at radius 2 is 2.17 bits per heavy atom. The number of carbonyl (C=O) groups excluding carboxylic acids is 1. The van der Waals surface area contributed by atoms with E-state index in [0.717, 1.165) is 32.7 Å². The van der Waals surface area contributed by atoms with E-state index in [1.54, 1.807) is 12.3 Å². The fourth-order valence-electron chi connectivity index (χ4n) is 2.40. The van der Waals surface area contributed by atoms with Gasteiger partial charge in [-0.15, -0.1) is 0 Å². The fraction of sp³-hybridized carbons (Fsp3) is 0.188. The zero-order valence-corrected chi connectivity index (χ0v) is 13.3. The average Bonchev–Trinajstić information content (AvgIpc) is 3.08. The first kappa shape index (κ1) is 15.2. The molecule has 6 nitrogen and oxygen atoms in total. The predicted molar refractivity (Wildman–Crippen MR) is 89.4 cm³/mol. The molecule has 0 radical (unpaired) electrons. The molecule has 0 amide bonds. The molecule has 1 atom stereocenters. The molecular formula is C16H14N2O4S. The number of hydrogen-bond donors (Lipinski definition) is 1. The Bertz CT molecular complexity index is 892. The summed E-state index contributed by atoms with van der Waals surface area (Å²) in [5, 5.41) is 10.3. The van der Waals surface area contributed by atoms with Gasteiger partial charge in [0.05, 0.1) is 17.7 Å². The van der Waals surface area contributed by atoms with E-state index >= 15 is 0 Å². The van der Waals surface area contributed by atoms with Gasteiger partial charge in [0.1, 0.15) is 6.04 Å². The third kappa shape index (κ3) is 2.59. The van der Waals surface area contributed by atoms with Crippen LogP contribution in [-0.2, 0) is 9.53 Å². The van der Waals surface area contributed by atoms with Crippen molar-refractivity contribution in [3.8, 4) is 5.88 Å². The van der Waals surface area contributed by atoms with E-state index in [-0.39, 0.29) is 5.88 Å². The molecule has 0 bridgehead atoms. The maximum Gasteiger partial charge on any atom is 0.328 e. The quantitative estimate of drug-likeness (QED) is 0.877. The lowest BCUT2D eigenvalue weighted by Gasteiger charge is -2.10. The number of fused-ring (bicyclic) bond motifs is 1. The van der Waals surface area contributed by atoms with Gasteiger partial charge < -0.3 is 9.84 Å². The van der Waals surface area contributed by atoms with Gasteiger partial charge in [-0.05, 0) is 19.1 Å². The van der Waals surface area contributed by atoms with Gasteiger partial charge >= 0.3 is 10.8 Å². The van der Waals surface area contributed by atoms with Crippen LogP contribution in [0.15, 0.2) is 34.1 Å². The smallest absolute Gasteiger partial charge is 0.328 e. The predicted octanol–water partition coefficient (Wildman–Crippen LogP) is 2.61. The van der Waals surface area contributed by atoms with Crippen molar-refractivity contribution in [1.29, 1.82) is 0 Å². The Morgan fingerprint density at radius 1 is 1.43 bits per heavy atom. The number of esters is 1. The first-order chi connectivity index (χ1) is 11.0. The van der Waals surface area contributed by atoms with Crippen LogP contribution in [-0.4, -0.2) is 29.0 Å². The highest BCUT2D eigenvalue weighted by Gasteiger charge is 2.24. The molecule has 23 heavy (non-hydrogen) atoms. The Morgan fingerprint density at radius 3 is 2.91 bits per heavy atom. The number of rotatable bonds is 3. The number of nitrogens with zero attached hydrogens (tertiary/aromatic N) is 2. The first-order valence-electron chi connectivity index (χ1n) is 6.90. The second-order valence-corrected chi connectivity index (χ2v) is 5.99. The van der Waals surface area contributed by atoms with Gasteiger partial charge in [-0.2, -0.15) is 0 Å². The third-order valence-electron chi connectivity index (χ3n) is 3.62. The number of thiazole rings is 1. The number of carbonyl (C=O) groups is 1. The lowest BCUT2D eigenvalue weighted by atomic mass is 10.1. The minimum absolute atomic E-state index is 0.247. The molecule has 7 heteroatoms. The molecule has 1 aromatic heterocycles. The highest BCUT2D eigenvalue weighted by atomic mass is 32.1. The van der Waals surface area contributed by atoms with E-state index in [1.165, 1.54) is 14.0 Å². The molecule has 2 aromatic rings. The van der Waals surface area contributed by atoms with Crippen LogP contribution in [0.1, 0.15) is 23.4 Å². The van der Waals surface area contributed by atoms with Crippen molar-refractivity contribution >= 4 is 40.9 Å². The van der Waals surface area contributed by atoms with Gasteiger partial charge in [-0.1, -0.05) is 29.5 Å². The number of allylic oxidation sites excluding steroid dienone is 1. The molecule has 0 spiro atoms. The minimum Gasteiger partial charge on any atom is -0.493 e. The molecule has 0 saturated carbocycles. The summed E-state index contributed by atoms with van der Waals surface area (Å²) in [6.07, 6.45) is 3.37. The Kier molecular flexibility index (Phi) is 3.87. The second kappa shape index (κ2) is 5.85. The minimum atomic E-state index is -0.888. The number of benzene rings is 1. The largest absolute Gasteiger partial charge is 0.493 e. The zero-order chi connectivity index (χ0) is 16.6. The number of aromatic nitrogens is 1. The zero-order valence-electron chi connectivity index (χ0n) is 12.5. The van der Waals surface area contributed by atoms with Crippen LogP contribution in [0.5, 0.6) is 5.88 Å². The van der Waals surface area contributed by atoms with E-state index in [9.17, 15) is 14.7 Å². The van der Waals surface area contributed by atoms with Crippen LogP contribution in [0.4, 0.5) is 5.69 Å². The Hall–Kier alpha value is -2.67. The molecular weight excluding hydrogens is 316 g/mol. The van der Waals surface area contributed by atoms with E-state index in [2.05, 4.69) is 9.73 Å². The molecule has 1 aliphatic heterocycles. The van der Waals surface area contributed by atoms with E-state index in [4.69, 9.17) is 0 Å². The standard InChI is InChI=1S/C16H14N2O4S/c1-9(15(20)22-2)18-14(19)13(23-16(18)21)7-10-8-17-12-6-4-3-5-11(10)12/h3-9,19H,1-2H3/t9-/m0/s1. The van der Waals surface area contributed by atoms with Gasteiger partial charge in [0.15, 0.2) is 0 Å². The lowest BCUT2D eigenvalue weighted by Crippen LogP contribution is -2.24. The van der Waals surface area contributed by atoms with Crippen molar-refractivity contribution in [2.24, 2.45) is 4.99 Å². The number of para-hydroxylation sites is 1. The van der Waals surface area contributed by atoms with E-state index in [0.29, 0.717) is 4.88 Å². The van der Waals surface area contributed by atoms with Crippen molar-refractivity contribution in [2.45, 2.75) is 13.0 Å². The van der Waals surface area contributed by atoms with Gasteiger partial charge in [0.25, 0.3) is 0 Å². The highest BCUT2D eigenvalue weighted by Crippen LogP contribution is 2.34. The lowest BCUT2D eigenvalue weighted by molar-refractivity contribution is -0.144. The molecule has 0 saturated heterocycles. The summed E-state index contributed by atoms with van der Waals surface area (Å²) in [4.78, 5) is 27.9. The molecule has 1 aromatic carbocycles. The average molecular weight is 330 g/mol. The van der Waals surface area contributed by atoms with Gasteiger partial charge in [-0.25, -0.2) is 4.79 Å². The fourth-order valence-corrected chi connectivity index (χ4v) is 3.31. The normalized spacial score (nSPS) is 15.7. The Balaban J connectivity index is 2.04. The molecule has 3 rings (SSSR count).